The first-order valence-electron chi connectivity index (χ1n) is 13.9. The van der Waals surface area contributed by atoms with Crippen molar-refractivity contribution in [2.45, 2.75) is 32.6 Å². The van der Waals surface area contributed by atoms with E-state index < -0.39 is 28.5 Å². The van der Waals surface area contributed by atoms with Crippen molar-refractivity contribution in [3.63, 3.8) is 0 Å². The number of ether oxygens (including phenoxy) is 1. The van der Waals surface area contributed by atoms with Crippen LogP contribution in [0.4, 0.5) is 0 Å². The average molecular weight is 600 g/mol. The fraction of sp³-hybridized carbons (Fsp3) is 0.235. The number of hydrogen-bond acceptors (Lipinski definition) is 5. The summed E-state index contributed by atoms with van der Waals surface area (Å²) in [6.07, 6.45) is 1.08. The van der Waals surface area contributed by atoms with E-state index in [1.54, 1.807) is 31.4 Å². The second kappa shape index (κ2) is 14.6. The zero-order chi connectivity index (χ0) is 30.8. The molecule has 0 aliphatic rings. The van der Waals surface area contributed by atoms with Crippen molar-refractivity contribution in [3.8, 4) is 5.75 Å². The molecule has 0 saturated carbocycles. The van der Waals surface area contributed by atoms with Gasteiger partial charge in [0, 0.05) is 19.6 Å². The lowest BCUT2D eigenvalue weighted by Gasteiger charge is -2.33. The van der Waals surface area contributed by atoms with Crippen molar-refractivity contribution in [3.05, 3.63) is 137 Å². The summed E-state index contributed by atoms with van der Waals surface area (Å²) in [7, 11) is -2.19. The van der Waals surface area contributed by atoms with Gasteiger partial charge in [0.1, 0.15) is 11.8 Å². The van der Waals surface area contributed by atoms with Crippen LogP contribution in [-0.2, 0) is 39.2 Å². The normalized spacial score (nSPS) is 12.0. The van der Waals surface area contributed by atoms with Crippen LogP contribution >= 0.6 is 0 Å². The minimum absolute atomic E-state index is 0.0252. The van der Waals surface area contributed by atoms with Crippen LogP contribution in [0.1, 0.15) is 33.9 Å². The smallest absolute Gasteiger partial charge is 0.247 e. The van der Waals surface area contributed by atoms with Crippen molar-refractivity contribution in [1.29, 1.82) is 0 Å². The van der Waals surface area contributed by atoms with Gasteiger partial charge in [0.15, 0.2) is 0 Å². The predicted octanol–water partition coefficient (Wildman–Crippen LogP) is 4.85. The van der Waals surface area contributed by atoms with Gasteiger partial charge in [0.25, 0.3) is 0 Å². The molecule has 0 spiro atoms. The molecule has 0 unspecified atom stereocenters. The van der Waals surface area contributed by atoms with Crippen LogP contribution in [0, 0.1) is 6.92 Å². The average Bonchev–Trinajstić information content (AvgIpc) is 3.01. The van der Waals surface area contributed by atoms with E-state index in [2.05, 4.69) is 5.32 Å². The van der Waals surface area contributed by atoms with E-state index in [9.17, 15) is 18.0 Å². The number of carbonyl (C=O) groups excluding carboxylic acids is 2. The molecule has 4 aromatic carbocycles. The molecular weight excluding hydrogens is 562 g/mol. The first-order chi connectivity index (χ1) is 20.6. The van der Waals surface area contributed by atoms with E-state index >= 15 is 0 Å². The van der Waals surface area contributed by atoms with E-state index in [0.717, 1.165) is 32.8 Å². The summed E-state index contributed by atoms with van der Waals surface area (Å²) in [5.41, 5.74) is 4.15. The number of benzene rings is 4. The van der Waals surface area contributed by atoms with Crippen LogP contribution in [-0.4, -0.2) is 49.3 Å². The van der Waals surface area contributed by atoms with Gasteiger partial charge in [0.05, 0.1) is 19.9 Å². The van der Waals surface area contributed by atoms with E-state index in [1.165, 1.54) is 4.90 Å². The van der Waals surface area contributed by atoms with Crippen LogP contribution in [0.15, 0.2) is 109 Å². The highest BCUT2D eigenvalue weighted by Gasteiger charge is 2.33. The van der Waals surface area contributed by atoms with Crippen LogP contribution in [0.2, 0.25) is 0 Å². The first kappa shape index (κ1) is 31.5. The lowest BCUT2D eigenvalue weighted by atomic mass is 10.0. The van der Waals surface area contributed by atoms with Crippen molar-refractivity contribution >= 4 is 21.8 Å². The lowest BCUT2D eigenvalue weighted by Crippen LogP contribution is -2.47. The second-order valence-electron chi connectivity index (χ2n) is 10.4. The quantitative estimate of drug-likeness (QED) is 0.237. The number of nitrogens with zero attached hydrogens (tertiary/aromatic N) is 2. The molecule has 1 N–H and O–H groups in total. The Kier molecular flexibility index (Phi) is 10.7. The minimum atomic E-state index is -3.77. The van der Waals surface area contributed by atoms with Crippen molar-refractivity contribution in [1.82, 2.24) is 14.5 Å². The van der Waals surface area contributed by atoms with Gasteiger partial charge in [-0.2, -0.15) is 4.31 Å². The first-order valence-corrected chi connectivity index (χ1v) is 15.8. The van der Waals surface area contributed by atoms with Gasteiger partial charge in [-0.25, -0.2) is 8.42 Å². The molecule has 2 amide bonds. The Balaban J connectivity index is 1.69. The SMILES string of the molecule is COc1ccc(CN(C(=O)CN(Cc2ccccc2)S(C)(=O)=O)[C@H](C(=O)NCc2ccc(C)cc2)c2ccccc2)cc1. The van der Waals surface area contributed by atoms with Crippen LogP contribution in [0.5, 0.6) is 5.75 Å². The summed E-state index contributed by atoms with van der Waals surface area (Å²) < 4.78 is 32.1. The third-order valence-electron chi connectivity index (χ3n) is 7.08. The number of hydrogen-bond donors (Lipinski definition) is 1. The Bertz CT molecular complexity index is 1590. The van der Waals surface area contributed by atoms with E-state index in [0.29, 0.717) is 11.3 Å². The van der Waals surface area contributed by atoms with Gasteiger partial charge in [-0.15, -0.1) is 0 Å². The molecule has 9 heteroatoms. The van der Waals surface area contributed by atoms with Crippen molar-refractivity contribution in [2.24, 2.45) is 0 Å². The highest BCUT2D eigenvalue weighted by molar-refractivity contribution is 7.88. The molecule has 1 atom stereocenters. The van der Waals surface area contributed by atoms with E-state index in [4.69, 9.17) is 4.74 Å². The maximum Gasteiger partial charge on any atom is 0.247 e. The molecule has 0 aliphatic heterocycles. The number of amides is 2. The summed E-state index contributed by atoms with van der Waals surface area (Å²) in [6, 6.07) is 32.2. The molecule has 0 bridgehead atoms. The molecular formula is C34H37N3O5S. The van der Waals surface area contributed by atoms with Gasteiger partial charge in [-0.3, -0.25) is 9.59 Å². The minimum Gasteiger partial charge on any atom is -0.497 e. The molecule has 0 saturated heterocycles. The standard InChI is InChI=1S/C34H37N3O5S/c1-26-14-16-27(17-15-26)22-35-34(39)33(30-12-8-5-9-13-30)37(24-29-18-20-31(42-2)21-19-29)32(38)25-36(43(3,40)41)23-28-10-6-4-7-11-28/h4-21,33H,22-25H2,1-3H3,(H,35,39)/t33-/m0/s1. The zero-order valence-electron chi connectivity index (χ0n) is 24.6. The van der Waals surface area contributed by atoms with Crippen molar-refractivity contribution in [2.75, 3.05) is 19.9 Å². The molecule has 0 aliphatic carbocycles. The Hall–Kier alpha value is -4.47. The summed E-state index contributed by atoms with van der Waals surface area (Å²) >= 11 is 0. The van der Waals surface area contributed by atoms with Crippen molar-refractivity contribution < 1.29 is 22.7 Å². The molecule has 0 fully saturated rings. The molecule has 4 aromatic rings. The van der Waals surface area contributed by atoms with Gasteiger partial charge in [0.2, 0.25) is 21.8 Å². The lowest BCUT2D eigenvalue weighted by molar-refractivity contribution is -0.141. The molecule has 43 heavy (non-hydrogen) atoms. The molecule has 0 aromatic heterocycles. The summed E-state index contributed by atoms with van der Waals surface area (Å²) in [6.45, 7) is 1.93. The van der Waals surface area contributed by atoms with Gasteiger partial charge in [-0.05, 0) is 41.3 Å². The monoisotopic (exact) mass is 599 g/mol. The van der Waals surface area contributed by atoms with E-state index in [1.807, 2.05) is 91.9 Å². The molecule has 0 radical (unpaired) electrons. The second-order valence-corrected chi connectivity index (χ2v) is 12.4. The topological polar surface area (TPSA) is 96.0 Å². The number of sulfonamides is 1. The third-order valence-corrected chi connectivity index (χ3v) is 8.27. The predicted molar refractivity (Wildman–Crippen MR) is 167 cm³/mol. The number of nitrogens with one attached hydrogen (secondary N) is 1. The molecule has 0 heterocycles. The Morgan fingerprint density at radius 3 is 1.91 bits per heavy atom. The number of methoxy groups -OCH3 is 1. The Morgan fingerprint density at radius 1 is 0.767 bits per heavy atom. The Morgan fingerprint density at radius 2 is 1.33 bits per heavy atom. The van der Waals surface area contributed by atoms with Gasteiger partial charge in [-0.1, -0.05) is 103 Å². The molecule has 224 valence electrons. The van der Waals surface area contributed by atoms with Gasteiger partial charge >= 0.3 is 0 Å². The fourth-order valence-corrected chi connectivity index (χ4v) is 5.40. The van der Waals surface area contributed by atoms with Crippen LogP contribution < -0.4 is 10.1 Å². The molecule has 4 rings (SSSR count). The zero-order valence-corrected chi connectivity index (χ0v) is 25.5. The summed E-state index contributed by atoms with van der Waals surface area (Å²) in [4.78, 5) is 29.6. The number of aryl methyl sites for hydroxylation is 1. The summed E-state index contributed by atoms with van der Waals surface area (Å²) in [5, 5.41) is 3.00. The van der Waals surface area contributed by atoms with Crippen LogP contribution in [0.3, 0.4) is 0 Å². The maximum absolute atomic E-state index is 14.2. The van der Waals surface area contributed by atoms with E-state index in [-0.39, 0.29) is 25.5 Å². The highest BCUT2D eigenvalue weighted by Crippen LogP contribution is 2.26. The van der Waals surface area contributed by atoms with Crippen LogP contribution in [0.25, 0.3) is 0 Å². The maximum atomic E-state index is 14.2. The van der Waals surface area contributed by atoms with Gasteiger partial charge < -0.3 is 15.0 Å². The summed E-state index contributed by atoms with van der Waals surface area (Å²) in [5.74, 6) is -0.220. The Labute approximate surface area is 254 Å². The fourth-order valence-electron chi connectivity index (χ4n) is 4.67. The third kappa shape index (κ3) is 9.01. The largest absolute Gasteiger partial charge is 0.497 e. The number of carbonyl (C=O) groups is 2. The molecule has 8 nitrogen and oxygen atoms in total. The number of rotatable bonds is 13. The highest BCUT2D eigenvalue weighted by atomic mass is 32.2.